The Morgan fingerprint density at radius 2 is 1.77 bits per heavy atom. The molecule has 0 saturated carbocycles. The fraction of sp³-hybridized carbons (Fsp3) is 0.0833. The third-order valence-corrected chi connectivity index (χ3v) is 5.28. The van der Waals surface area contributed by atoms with Crippen LogP contribution in [0, 0.1) is 6.92 Å². The molecule has 5 rings (SSSR count). The zero-order chi connectivity index (χ0) is 21.4. The minimum absolute atomic E-state index is 0.144. The van der Waals surface area contributed by atoms with Gasteiger partial charge in [-0.25, -0.2) is 4.98 Å². The van der Waals surface area contributed by atoms with Gasteiger partial charge >= 0.3 is 0 Å². The third-order valence-electron chi connectivity index (χ3n) is 5.28. The second-order valence-corrected chi connectivity index (χ2v) is 7.39. The van der Waals surface area contributed by atoms with E-state index in [9.17, 15) is 9.59 Å². The van der Waals surface area contributed by atoms with Crippen LogP contribution in [0.5, 0.6) is 0 Å². The molecule has 1 atom stereocenters. The molecule has 0 aliphatic carbocycles. The molecule has 7 nitrogen and oxygen atoms in total. The lowest BCUT2D eigenvalue weighted by molar-refractivity contribution is -0.115. The van der Waals surface area contributed by atoms with Crippen LogP contribution < -0.4 is 10.9 Å². The smallest absolute Gasteiger partial charge is 0.264 e. The number of aromatic amines is 1. The van der Waals surface area contributed by atoms with Crippen LogP contribution in [-0.2, 0) is 4.79 Å². The number of aryl methyl sites for hydroxylation is 1. The number of nitrogens with one attached hydrogen (secondary N) is 2. The number of carbonyl (C=O) groups is 1. The number of nitrogens with zero attached hydrogens (tertiary/aromatic N) is 3. The van der Waals surface area contributed by atoms with E-state index in [4.69, 9.17) is 0 Å². The van der Waals surface area contributed by atoms with Crippen molar-refractivity contribution >= 4 is 23.6 Å². The highest BCUT2D eigenvalue weighted by Crippen LogP contribution is 2.33. The first-order valence-corrected chi connectivity index (χ1v) is 9.88. The highest BCUT2D eigenvalue weighted by molar-refractivity contribution is 6.12. The number of hydrogen-bond acceptors (Lipinski definition) is 4. The van der Waals surface area contributed by atoms with Gasteiger partial charge in [0, 0.05) is 35.3 Å². The molecule has 1 unspecified atom stereocenters. The van der Waals surface area contributed by atoms with E-state index in [2.05, 4.69) is 20.4 Å². The molecule has 1 amide bonds. The number of aliphatic imine (C=N–C) groups is 1. The van der Waals surface area contributed by atoms with Gasteiger partial charge in [-0.2, -0.15) is 0 Å². The van der Waals surface area contributed by atoms with Crippen molar-refractivity contribution in [2.75, 3.05) is 5.32 Å². The predicted molar refractivity (Wildman–Crippen MR) is 120 cm³/mol. The highest BCUT2D eigenvalue weighted by Gasteiger charge is 2.30. The molecule has 0 fully saturated rings. The number of hydrogen-bond donors (Lipinski definition) is 2. The quantitative estimate of drug-likeness (QED) is 0.500. The van der Waals surface area contributed by atoms with Gasteiger partial charge in [0.25, 0.3) is 5.56 Å². The van der Waals surface area contributed by atoms with Crippen LogP contribution in [-0.4, -0.2) is 26.9 Å². The van der Waals surface area contributed by atoms with E-state index in [1.807, 2.05) is 67.6 Å². The van der Waals surface area contributed by atoms with Crippen LogP contribution in [0.15, 0.2) is 82.7 Å². The molecule has 7 heteroatoms. The summed E-state index contributed by atoms with van der Waals surface area (Å²) in [6, 6.07) is 20.9. The maximum absolute atomic E-state index is 12.5. The molecular formula is C24H19N5O2. The van der Waals surface area contributed by atoms with Crippen LogP contribution in [0.4, 0.5) is 11.5 Å². The van der Waals surface area contributed by atoms with Crippen molar-refractivity contribution in [1.82, 2.24) is 14.8 Å². The summed E-state index contributed by atoms with van der Waals surface area (Å²) in [5.74, 6) is -0.0778. The lowest BCUT2D eigenvalue weighted by Crippen LogP contribution is -2.12. The summed E-state index contributed by atoms with van der Waals surface area (Å²) in [4.78, 5) is 32.9. The van der Waals surface area contributed by atoms with Gasteiger partial charge in [0.15, 0.2) is 0 Å². The van der Waals surface area contributed by atoms with Crippen LogP contribution in [0.2, 0.25) is 0 Å². The summed E-state index contributed by atoms with van der Waals surface area (Å²) >= 11 is 0. The summed E-state index contributed by atoms with van der Waals surface area (Å²) in [5.41, 5.74) is 5.03. The van der Waals surface area contributed by atoms with Crippen LogP contribution >= 0.6 is 0 Å². The van der Waals surface area contributed by atoms with E-state index < -0.39 is 5.92 Å². The zero-order valence-electron chi connectivity index (χ0n) is 16.7. The van der Waals surface area contributed by atoms with Crippen LogP contribution in [0.1, 0.15) is 17.2 Å². The molecule has 2 aromatic carbocycles. The lowest BCUT2D eigenvalue weighted by atomic mass is 9.99. The molecule has 1 aliphatic heterocycles. The van der Waals surface area contributed by atoms with Crippen molar-refractivity contribution in [3.63, 3.8) is 0 Å². The zero-order valence-corrected chi connectivity index (χ0v) is 16.7. The Morgan fingerprint density at radius 1 is 1.00 bits per heavy atom. The summed E-state index contributed by atoms with van der Waals surface area (Å²) < 4.78 is 1.72. The molecular weight excluding hydrogens is 390 g/mol. The van der Waals surface area contributed by atoms with Gasteiger partial charge in [-0.15, -0.1) is 0 Å². The minimum atomic E-state index is -0.506. The molecule has 4 aromatic rings. The number of aromatic nitrogens is 3. The van der Waals surface area contributed by atoms with Crippen molar-refractivity contribution in [3.05, 3.63) is 94.5 Å². The van der Waals surface area contributed by atoms with Crippen molar-refractivity contribution in [3.8, 4) is 16.8 Å². The maximum atomic E-state index is 12.5. The number of fused-ring (bicyclic) bond motifs is 1. The Hall–Kier alpha value is -4.26. The molecule has 2 N–H and O–H groups in total. The Kier molecular flexibility index (Phi) is 4.55. The molecule has 3 heterocycles. The van der Waals surface area contributed by atoms with E-state index in [0.29, 0.717) is 11.5 Å². The Balaban J connectivity index is 1.41. The fourth-order valence-electron chi connectivity index (χ4n) is 3.70. The number of anilines is 1. The molecule has 0 saturated heterocycles. The van der Waals surface area contributed by atoms with Crippen molar-refractivity contribution in [1.29, 1.82) is 0 Å². The average molecular weight is 409 g/mol. The van der Waals surface area contributed by atoms with Crippen molar-refractivity contribution in [2.24, 2.45) is 4.99 Å². The SMILES string of the molecule is Cc1cc(=O)[nH]n1-c1ccc(N=CC2C(=O)Nc3ncc(-c4ccccc4)cc32)cc1. The molecule has 0 radical (unpaired) electrons. The number of pyridine rings is 1. The summed E-state index contributed by atoms with van der Waals surface area (Å²) in [7, 11) is 0. The van der Waals surface area contributed by atoms with Gasteiger partial charge in [-0.05, 0) is 42.8 Å². The Morgan fingerprint density at radius 3 is 2.48 bits per heavy atom. The number of amides is 1. The number of rotatable bonds is 4. The predicted octanol–water partition coefficient (Wildman–Crippen LogP) is 3.97. The first-order chi connectivity index (χ1) is 15.1. The van der Waals surface area contributed by atoms with Crippen LogP contribution in [0.25, 0.3) is 16.8 Å². The number of benzene rings is 2. The van der Waals surface area contributed by atoms with E-state index in [1.165, 1.54) is 0 Å². The van der Waals surface area contributed by atoms with Gasteiger partial charge in [-0.3, -0.25) is 24.4 Å². The monoisotopic (exact) mass is 409 g/mol. The molecule has 0 bridgehead atoms. The second-order valence-electron chi connectivity index (χ2n) is 7.39. The van der Waals surface area contributed by atoms with Crippen LogP contribution in [0.3, 0.4) is 0 Å². The van der Waals surface area contributed by atoms with Gasteiger partial charge in [-0.1, -0.05) is 30.3 Å². The van der Waals surface area contributed by atoms with Crippen molar-refractivity contribution in [2.45, 2.75) is 12.8 Å². The third kappa shape index (κ3) is 3.57. The number of H-pyrrole nitrogens is 1. The molecule has 1 aliphatic rings. The van der Waals surface area contributed by atoms with E-state index in [1.54, 1.807) is 23.2 Å². The normalized spacial score (nSPS) is 15.3. The molecule has 31 heavy (non-hydrogen) atoms. The lowest BCUT2D eigenvalue weighted by Gasteiger charge is -2.07. The summed E-state index contributed by atoms with van der Waals surface area (Å²) in [5, 5.41) is 5.58. The van der Waals surface area contributed by atoms with Gasteiger partial charge < -0.3 is 5.32 Å². The molecule has 2 aromatic heterocycles. The van der Waals surface area contributed by atoms with Gasteiger partial charge in [0.2, 0.25) is 5.91 Å². The largest absolute Gasteiger partial charge is 0.310 e. The maximum Gasteiger partial charge on any atom is 0.264 e. The van der Waals surface area contributed by atoms with E-state index in [0.717, 1.165) is 28.1 Å². The molecule has 152 valence electrons. The first-order valence-electron chi connectivity index (χ1n) is 9.88. The molecule has 0 spiro atoms. The number of carbonyl (C=O) groups excluding carboxylic acids is 1. The standard InChI is InChI=1S/C24H19N5O2/c1-15-11-22(30)28-29(15)19-9-7-18(8-10-19)25-14-21-20-12-17(16-5-3-2-4-6-16)13-26-23(20)27-24(21)31/h2-14,21H,1H3,(H,28,30)(H,26,27,31). The van der Waals surface area contributed by atoms with Crippen molar-refractivity contribution < 1.29 is 4.79 Å². The summed E-state index contributed by atoms with van der Waals surface area (Å²) in [6.07, 6.45) is 3.41. The van der Waals surface area contributed by atoms with Gasteiger partial charge in [0.1, 0.15) is 11.7 Å². The van der Waals surface area contributed by atoms with E-state index in [-0.39, 0.29) is 11.5 Å². The minimum Gasteiger partial charge on any atom is -0.310 e. The first kappa shape index (κ1) is 18.7. The Bertz CT molecular complexity index is 1350. The highest BCUT2D eigenvalue weighted by atomic mass is 16.2. The summed E-state index contributed by atoms with van der Waals surface area (Å²) in [6.45, 7) is 1.86. The Labute approximate surface area is 178 Å². The topological polar surface area (TPSA) is 92.1 Å². The fourth-order valence-corrected chi connectivity index (χ4v) is 3.70. The second kappa shape index (κ2) is 7.53. The van der Waals surface area contributed by atoms with Gasteiger partial charge in [0.05, 0.1) is 11.4 Å². The average Bonchev–Trinajstić information content (AvgIpc) is 3.30. The van der Waals surface area contributed by atoms with E-state index >= 15 is 0 Å².